The lowest BCUT2D eigenvalue weighted by atomic mass is 10.0. The first kappa shape index (κ1) is 67.8. The molecule has 0 aliphatic carbocycles. The fraction of sp³-hybridized carbons (Fsp3) is 0.769. The van der Waals surface area contributed by atoms with Crippen LogP contribution in [0.2, 0.25) is 0 Å². The van der Waals surface area contributed by atoms with Gasteiger partial charge in [0.1, 0.15) is 13.2 Å². The van der Waals surface area contributed by atoms with Crippen molar-refractivity contribution in [1.82, 2.24) is 0 Å². The van der Waals surface area contributed by atoms with Gasteiger partial charge in [-0.15, -0.1) is 0 Å². The topological polar surface area (TPSA) is 78.9 Å². The average molecular weight is 992 g/mol. The highest BCUT2D eigenvalue weighted by molar-refractivity contribution is 5.71. The van der Waals surface area contributed by atoms with Crippen LogP contribution in [-0.4, -0.2) is 37.2 Å². The summed E-state index contributed by atoms with van der Waals surface area (Å²) >= 11 is 0. The molecule has 0 saturated carbocycles. The van der Waals surface area contributed by atoms with Gasteiger partial charge in [-0.05, 0) is 96.3 Å². The first-order chi connectivity index (χ1) is 35.0. The number of ether oxygens (including phenoxy) is 3. The Morgan fingerprint density at radius 1 is 0.282 bits per heavy atom. The molecule has 6 heteroatoms. The molecule has 0 aromatic carbocycles. The first-order valence-electron chi connectivity index (χ1n) is 30.4. The van der Waals surface area contributed by atoms with Gasteiger partial charge in [-0.3, -0.25) is 14.4 Å². The Bertz CT molecular complexity index is 1320. The molecule has 0 heterocycles. The van der Waals surface area contributed by atoms with Crippen LogP contribution in [0.3, 0.4) is 0 Å². The van der Waals surface area contributed by atoms with Crippen molar-refractivity contribution in [3.05, 3.63) is 72.9 Å². The molecular formula is C65H114O6. The van der Waals surface area contributed by atoms with Gasteiger partial charge in [0, 0.05) is 19.3 Å². The zero-order chi connectivity index (χ0) is 51.4. The van der Waals surface area contributed by atoms with Crippen molar-refractivity contribution in [3.63, 3.8) is 0 Å². The highest BCUT2D eigenvalue weighted by Crippen LogP contribution is 2.16. The second-order valence-electron chi connectivity index (χ2n) is 20.3. The number of hydrogen-bond donors (Lipinski definition) is 0. The van der Waals surface area contributed by atoms with Crippen molar-refractivity contribution >= 4 is 17.9 Å². The van der Waals surface area contributed by atoms with Crippen LogP contribution in [0.15, 0.2) is 72.9 Å². The average Bonchev–Trinajstić information content (AvgIpc) is 3.37. The van der Waals surface area contributed by atoms with Crippen LogP contribution in [-0.2, 0) is 28.6 Å². The van der Waals surface area contributed by atoms with E-state index in [-0.39, 0.29) is 31.1 Å². The number of rotatable bonds is 55. The minimum atomic E-state index is -0.792. The van der Waals surface area contributed by atoms with Gasteiger partial charge in [0.05, 0.1) is 0 Å². The van der Waals surface area contributed by atoms with E-state index < -0.39 is 6.10 Å². The van der Waals surface area contributed by atoms with E-state index in [2.05, 4.69) is 93.7 Å². The van der Waals surface area contributed by atoms with Crippen molar-refractivity contribution in [3.8, 4) is 0 Å². The van der Waals surface area contributed by atoms with Crippen molar-refractivity contribution in [2.75, 3.05) is 13.2 Å². The van der Waals surface area contributed by atoms with Crippen LogP contribution in [0, 0.1) is 0 Å². The maximum atomic E-state index is 12.9. The van der Waals surface area contributed by atoms with Crippen molar-refractivity contribution in [2.45, 2.75) is 309 Å². The van der Waals surface area contributed by atoms with Gasteiger partial charge in [-0.2, -0.15) is 0 Å². The number of unbranched alkanes of at least 4 members (excludes halogenated alkanes) is 32. The summed E-state index contributed by atoms with van der Waals surface area (Å²) in [7, 11) is 0. The molecule has 0 amide bonds. The van der Waals surface area contributed by atoms with Gasteiger partial charge < -0.3 is 14.2 Å². The Morgan fingerprint density at radius 3 is 0.831 bits per heavy atom. The monoisotopic (exact) mass is 991 g/mol. The van der Waals surface area contributed by atoms with E-state index in [9.17, 15) is 14.4 Å². The number of hydrogen-bond acceptors (Lipinski definition) is 6. The van der Waals surface area contributed by atoms with Gasteiger partial charge in [-0.1, -0.05) is 261 Å². The van der Waals surface area contributed by atoms with Gasteiger partial charge in [0.2, 0.25) is 0 Å². The van der Waals surface area contributed by atoms with Crippen LogP contribution in [0.25, 0.3) is 0 Å². The van der Waals surface area contributed by atoms with Crippen LogP contribution in [0.4, 0.5) is 0 Å². The number of carbonyl (C=O) groups excluding carboxylic acids is 3. The summed E-state index contributed by atoms with van der Waals surface area (Å²) in [6, 6.07) is 0. The summed E-state index contributed by atoms with van der Waals surface area (Å²) in [5.74, 6) is -0.913. The standard InChI is InChI=1S/C65H114O6/c1-4-7-10-13-16-19-22-25-28-31-32-35-37-40-43-46-49-52-55-58-64(67)70-61-62(71-65(68)59-56-53-50-47-44-41-38-34-30-27-24-21-18-15-12-9-6-3)60-69-63(66)57-54-51-48-45-42-39-36-33-29-26-23-20-17-14-11-8-5-2/h16,18-19,21,25,27-28,30,32,35,40,43,62H,4-15,17,20,22-24,26,29,31,33-34,36-39,41-42,44-61H2,1-3H3/b19-16-,21-18-,28-25-,30-27-,35-32-,43-40-/t62-/m0/s1. The molecule has 71 heavy (non-hydrogen) atoms. The lowest BCUT2D eigenvalue weighted by molar-refractivity contribution is -0.167. The predicted molar refractivity (Wildman–Crippen MR) is 307 cm³/mol. The second kappa shape index (κ2) is 59.4. The minimum absolute atomic E-state index is 0.0865. The van der Waals surface area contributed by atoms with Gasteiger partial charge in [0.15, 0.2) is 6.10 Å². The maximum absolute atomic E-state index is 12.9. The molecule has 0 aliphatic heterocycles. The zero-order valence-electron chi connectivity index (χ0n) is 47.0. The van der Waals surface area contributed by atoms with E-state index in [1.54, 1.807) is 0 Å². The molecule has 0 saturated heterocycles. The smallest absolute Gasteiger partial charge is 0.306 e. The van der Waals surface area contributed by atoms with E-state index in [1.807, 2.05) is 0 Å². The van der Waals surface area contributed by atoms with Crippen LogP contribution < -0.4 is 0 Å². The van der Waals surface area contributed by atoms with Gasteiger partial charge in [0.25, 0.3) is 0 Å². The Labute approximate surface area is 440 Å². The summed E-state index contributed by atoms with van der Waals surface area (Å²) in [6.45, 7) is 6.59. The summed E-state index contributed by atoms with van der Waals surface area (Å²) < 4.78 is 16.9. The molecule has 0 spiro atoms. The third kappa shape index (κ3) is 57.6. The van der Waals surface area contributed by atoms with Crippen LogP contribution in [0.1, 0.15) is 303 Å². The predicted octanol–water partition coefficient (Wildman–Crippen LogP) is 20.5. The highest BCUT2D eigenvalue weighted by atomic mass is 16.6. The van der Waals surface area contributed by atoms with Gasteiger partial charge in [-0.25, -0.2) is 0 Å². The quantitative estimate of drug-likeness (QED) is 0.0261. The number of allylic oxidation sites excluding steroid dienone is 12. The fourth-order valence-electron chi connectivity index (χ4n) is 8.57. The number of esters is 3. The molecule has 0 radical (unpaired) electrons. The normalized spacial score (nSPS) is 12.5. The molecule has 0 fully saturated rings. The lowest BCUT2D eigenvalue weighted by Crippen LogP contribution is -2.30. The third-order valence-electron chi connectivity index (χ3n) is 13.2. The summed E-state index contributed by atoms with van der Waals surface area (Å²) in [5, 5.41) is 0. The SMILES string of the molecule is CCCCC/C=C\C/C=C\C/C=C\C/C=C\CCCCCC(=O)OC[C@H](COC(=O)CCCCCCCCCCCCCCCCCCC)OC(=O)CCCCCCCCC/C=C\C/C=C\CCCCC. The second-order valence-corrected chi connectivity index (χ2v) is 20.3. The molecule has 0 aromatic rings. The molecule has 6 nitrogen and oxygen atoms in total. The fourth-order valence-corrected chi connectivity index (χ4v) is 8.57. The van der Waals surface area contributed by atoms with Crippen LogP contribution in [0.5, 0.6) is 0 Å². The van der Waals surface area contributed by atoms with E-state index in [4.69, 9.17) is 14.2 Å². The van der Waals surface area contributed by atoms with E-state index in [0.29, 0.717) is 19.3 Å². The Kier molecular flexibility index (Phi) is 56.8. The number of carbonyl (C=O) groups is 3. The summed E-state index contributed by atoms with van der Waals surface area (Å²) in [5.41, 5.74) is 0. The molecule has 0 bridgehead atoms. The Morgan fingerprint density at radius 2 is 0.507 bits per heavy atom. The molecule has 410 valence electrons. The van der Waals surface area contributed by atoms with E-state index in [0.717, 1.165) is 96.3 Å². The van der Waals surface area contributed by atoms with Crippen molar-refractivity contribution in [2.24, 2.45) is 0 Å². The highest BCUT2D eigenvalue weighted by Gasteiger charge is 2.19. The third-order valence-corrected chi connectivity index (χ3v) is 13.2. The van der Waals surface area contributed by atoms with Gasteiger partial charge >= 0.3 is 17.9 Å². The molecule has 0 unspecified atom stereocenters. The van der Waals surface area contributed by atoms with Crippen LogP contribution >= 0.6 is 0 Å². The van der Waals surface area contributed by atoms with E-state index in [1.165, 1.54) is 167 Å². The zero-order valence-corrected chi connectivity index (χ0v) is 47.0. The molecule has 0 rings (SSSR count). The molecule has 1 atom stereocenters. The van der Waals surface area contributed by atoms with E-state index >= 15 is 0 Å². The molecule has 0 aromatic heterocycles. The Hall–Kier alpha value is -3.15. The maximum Gasteiger partial charge on any atom is 0.306 e. The lowest BCUT2D eigenvalue weighted by Gasteiger charge is -2.18. The summed E-state index contributed by atoms with van der Waals surface area (Å²) in [6.07, 6.45) is 76.0. The van der Waals surface area contributed by atoms with Crippen molar-refractivity contribution in [1.29, 1.82) is 0 Å². The summed E-state index contributed by atoms with van der Waals surface area (Å²) in [4.78, 5) is 38.2. The molecule has 0 N–H and O–H groups in total. The van der Waals surface area contributed by atoms with Crippen molar-refractivity contribution < 1.29 is 28.6 Å². The first-order valence-corrected chi connectivity index (χ1v) is 30.4. The molecular weight excluding hydrogens is 877 g/mol. The molecule has 0 aliphatic rings. The minimum Gasteiger partial charge on any atom is -0.462 e. The Balaban J connectivity index is 4.43. The largest absolute Gasteiger partial charge is 0.462 e.